The number of hydrogen-bond acceptors (Lipinski definition) is 3. The first kappa shape index (κ1) is 24.1. The molecule has 4 nitrogen and oxygen atoms in total. The van der Waals surface area contributed by atoms with Gasteiger partial charge in [0.1, 0.15) is 11.6 Å². The molecule has 0 radical (unpaired) electrons. The smallest absolute Gasteiger partial charge is 0.227 e. The highest BCUT2D eigenvalue weighted by Gasteiger charge is 2.18. The van der Waals surface area contributed by atoms with Gasteiger partial charge < -0.3 is 4.74 Å². The van der Waals surface area contributed by atoms with E-state index in [1.807, 2.05) is 42.6 Å². The lowest BCUT2D eigenvalue weighted by atomic mass is 9.88. The minimum absolute atomic E-state index is 0.0288. The van der Waals surface area contributed by atoms with Crippen molar-refractivity contribution in [2.75, 3.05) is 0 Å². The summed E-state index contributed by atoms with van der Waals surface area (Å²) in [4.78, 5) is 9.33. The molecule has 7 aromatic rings. The van der Waals surface area contributed by atoms with Crippen LogP contribution in [0.25, 0.3) is 49.5 Å². The molecule has 0 fully saturated rings. The first-order valence-corrected chi connectivity index (χ1v) is 13.6. The van der Waals surface area contributed by atoms with Crippen LogP contribution in [-0.2, 0) is 5.41 Å². The Balaban J connectivity index is 1.35. The Morgan fingerprint density at radius 2 is 1.35 bits per heavy atom. The maximum Gasteiger partial charge on any atom is 0.227 e. The fraction of sp³-hybridized carbons (Fsp3) is 0.111. The van der Waals surface area contributed by atoms with E-state index in [1.54, 1.807) is 6.20 Å². The summed E-state index contributed by atoms with van der Waals surface area (Å²) in [5, 5.41) is 4.51. The Hall–Kier alpha value is -4.96. The lowest BCUT2D eigenvalue weighted by Crippen LogP contribution is -2.12. The molecule has 0 saturated carbocycles. The van der Waals surface area contributed by atoms with E-state index in [1.165, 1.54) is 16.3 Å². The summed E-state index contributed by atoms with van der Waals surface area (Å²) in [6.45, 7) is 6.71. The van der Waals surface area contributed by atoms with Crippen LogP contribution in [0.2, 0.25) is 0 Å². The number of pyridine rings is 2. The average molecular weight is 520 g/mol. The summed E-state index contributed by atoms with van der Waals surface area (Å²) in [5.74, 6) is 2.28. The molecule has 3 heterocycles. The lowest BCUT2D eigenvalue weighted by Gasteiger charge is -2.20. The SMILES string of the molecule is CC(C)(C)c1ccnc(-n2c3ccccc3c3ccc(-c4cccc(Oc5nccc6ccccc56)c4)cc32)c1. The zero-order chi connectivity index (χ0) is 27.3. The molecule has 0 atom stereocenters. The first-order chi connectivity index (χ1) is 19.5. The number of para-hydroxylation sites is 1. The number of rotatable bonds is 4. The molecule has 40 heavy (non-hydrogen) atoms. The molecule has 0 aliphatic rings. The predicted molar refractivity (Wildman–Crippen MR) is 165 cm³/mol. The molecule has 0 unspecified atom stereocenters. The number of benzene rings is 4. The maximum atomic E-state index is 6.30. The third-order valence-electron chi connectivity index (χ3n) is 7.53. The molecule has 0 aliphatic heterocycles. The molecule has 0 amide bonds. The van der Waals surface area contributed by atoms with Crippen molar-refractivity contribution in [2.45, 2.75) is 26.2 Å². The van der Waals surface area contributed by atoms with Gasteiger partial charge in [0.05, 0.1) is 11.0 Å². The molecule has 3 aromatic heterocycles. The normalized spacial score (nSPS) is 11.9. The van der Waals surface area contributed by atoms with Gasteiger partial charge in [-0.15, -0.1) is 0 Å². The van der Waals surface area contributed by atoms with Crippen LogP contribution in [0.15, 0.2) is 122 Å². The van der Waals surface area contributed by atoms with Crippen molar-refractivity contribution in [1.82, 2.24) is 14.5 Å². The highest BCUT2D eigenvalue weighted by atomic mass is 16.5. The van der Waals surface area contributed by atoms with Gasteiger partial charge in [-0.3, -0.25) is 4.57 Å². The molecule has 0 aliphatic carbocycles. The van der Waals surface area contributed by atoms with Crippen molar-refractivity contribution in [2.24, 2.45) is 0 Å². The van der Waals surface area contributed by atoms with E-state index in [2.05, 4.69) is 103 Å². The maximum absolute atomic E-state index is 6.30. The van der Waals surface area contributed by atoms with Crippen LogP contribution in [0.5, 0.6) is 11.6 Å². The third-order valence-corrected chi connectivity index (χ3v) is 7.53. The van der Waals surface area contributed by atoms with E-state index in [0.29, 0.717) is 5.88 Å². The van der Waals surface area contributed by atoms with Crippen molar-refractivity contribution in [3.05, 3.63) is 127 Å². The number of aromatic nitrogens is 3. The van der Waals surface area contributed by atoms with Gasteiger partial charge >= 0.3 is 0 Å². The molecule has 0 spiro atoms. The Bertz CT molecular complexity index is 2030. The topological polar surface area (TPSA) is 39.9 Å². The summed E-state index contributed by atoms with van der Waals surface area (Å²) >= 11 is 0. The van der Waals surface area contributed by atoms with Gasteiger partial charge in [0.25, 0.3) is 0 Å². The standard InChI is InChI=1S/C36H29N3O/c1-36(2,3)27-18-20-37-34(23-27)39-32-14-7-6-13-30(32)31-16-15-26(22-33(31)39)25-10-8-11-28(21-25)40-35-29-12-5-4-9-24(29)17-19-38-35/h4-23H,1-3H3. The van der Waals surface area contributed by atoms with Crippen molar-refractivity contribution >= 4 is 32.6 Å². The molecule has 4 heteroatoms. The van der Waals surface area contributed by atoms with Crippen molar-refractivity contribution in [1.29, 1.82) is 0 Å². The second-order valence-electron chi connectivity index (χ2n) is 11.2. The van der Waals surface area contributed by atoms with Crippen LogP contribution in [-0.4, -0.2) is 14.5 Å². The highest BCUT2D eigenvalue weighted by molar-refractivity contribution is 6.10. The molecule has 0 bridgehead atoms. The van der Waals surface area contributed by atoms with Crippen LogP contribution in [0.1, 0.15) is 26.3 Å². The molecular weight excluding hydrogens is 490 g/mol. The minimum atomic E-state index is 0.0288. The van der Waals surface area contributed by atoms with Crippen LogP contribution in [0.4, 0.5) is 0 Å². The molecule has 0 saturated heterocycles. The van der Waals surface area contributed by atoms with Gasteiger partial charge in [-0.05, 0) is 76.0 Å². The van der Waals surface area contributed by atoms with E-state index in [4.69, 9.17) is 9.72 Å². The second kappa shape index (κ2) is 9.35. The molecule has 7 rings (SSSR count). The van der Waals surface area contributed by atoms with Crippen LogP contribution in [0, 0.1) is 0 Å². The third kappa shape index (κ3) is 4.18. The quantitative estimate of drug-likeness (QED) is 0.232. The number of hydrogen-bond donors (Lipinski definition) is 0. The Labute approximate surface area is 233 Å². The summed E-state index contributed by atoms with van der Waals surface area (Å²) in [6, 6.07) is 37.9. The van der Waals surface area contributed by atoms with E-state index in [-0.39, 0.29) is 5.41 Å². The van der Waals surface area contributed by atoms with Gasteiger partial charge in [-0.2, -0.15) is 0 Å². The summed E-state index contributed by atoms with van der Waals surface area (Å²) in [6.07, 6.45) is 3.71. The predicted octanol–water partition coefficient (Wildman–Crippen LogP) is 9.48. The number of nitrogens with zero attached hydrogens (tertiary/aromatic N) is 3. The van der Waals surface area contributed by atoms with E-state index in [9.17, 15) is 0 Å². The Kier molecular flexibility index (Phi) is 5.64. The summed E-state index contributed by atoms with van der Waals surface area (Å²) in [5.41, 5.74) is 5.74. The number of fused-ring (bicyclic) bond motifs is 4. The lowest BCUT2D eigenvalue weighted by molar-refractivity contribution is 0.469. The van der Waals surface area contributed by atoms with Gasteiger partial charge in [-0.1, -0.05) is 81.4 Å². The Morgan fingerprint density at radius 3 is 2.23 bits per heavy atom. The van der Waals surface area contributed by atoms with Crippen molar-refractivity contribution in [3.8, 4) is 28.6 Å². The molecule has 4 aromatic carbocycles. The molecule has 194 valence electrons. The second-order valence-corrected chi connectivity index (χ2v) is 11.2. The molecule has 0 N–H and O–H groups in total. The van der Waals surface area contributed by atoms with Crippen LogP contribution < -0.4 is 4.74 Å². The first-order valence-electron chi connectivity index (χ1n) is 13.6. The largest absolute Gasteiger partial charge is 0.438 e. The van der Waals surface area contributed by atoms with E-state index in [0.717, 1.165) is 44.5 Å². The van der Waals surface area contributed by atoms with Gasteiger partial charge in [0.15, 0.2) is 0 Å². The summed E-state index contributed by atoms with van der Waals surface area (Å²) in [7, 11) is 0. The zero-order valence-electron chi connectivity index (χ0n) is 22.8. The minimum Gasteiger partial charge on any atom is -0.438 e. The van der Waals surface area contributed by atoms with Gasteiger partial charge in [0, 0.05) is 28.6 Å². The van der Waals surface area contributed by atoms with Crippen LogP contribution in [0.3, 0.4) is 0 Å². The molecular formula is C36H29N3O. The van der Waals surface area contributed by atoms with E-state index >= 15 is 0 Å². The van der Waals surface area contributed by atoms with Crippen molar-refractivity contribution < 1.29 is 4.74 Å². The fourth-order valence-corrected chi connectivity index (χ4v) is 5.43. The van der Waals surface area contributed by atoms with Crippen molar-refractivity contribution in [3.63, 3.8) is 0 Å². The number of ether oxygens (including phenoxy) is 1. The van der Waals surface area contributed by atoms with Gasteiger partial charge in [0.2, 0.25) is 5.88 Å². The van der Waals surface area contributed by atoms with Crippen LogP contribution >= 0.6 is 0 Å². The van der Waals surface area contributed by atoms with Gasteiger partial charge in [-0.25, -0.2) is 9.97 Å². The summed E-state index contributed by atoms with van der Waals surface area (Å²) < 4.78 is 8.58. The average Bonchev–Trinajstić information content (AvgIpc) is 3.31. The zero-order valence-corrected chi connectivity index (χ0v) is 22.8. The monoisotopic (exact) mass is 519 g/mol. The highest BCUT2D eigenvalue weighted by Crippen LogP contribution is 2.36. The fourth-order valence-electron chi connectivity index (χ4n) is 5.43. The Morgan fingerprint density at radius 1 is 0.600 bits per heavy atom. The van der Waals surface area contributed by atoms with E-state index < -0.39 is 0 Å².